The molecule has 0 radical (unpaired) electrons. The Balaban J connectivity index is 1.73. The Labute approximate surface area is 160 Å². The van der Waals surface area contributed by atoms with Gasteiger partial charge in [-0.25, -0.2) is 0 Å². The molecule has 27 heavy (non-hydrogen) atoms. The average molecular weight is 362 g/mol. The third kappa shape index (κ3) is 3.37. The van der Waals surface area contributed by atoms with Crippen molar-refractivity contribution in [3.05, 3.63) is 71.4 Å². The highest BCUT2D eigenvalue weighted by molar-refractivity contribution is 5.88. The number of esters is 1. The Morgan fingerprint density at radius 2 is 1.89 bits per heavy atom. The van der Waals surface area contributed by atoms with Gasteiger partial charge in [0.15, 0.2) is 0 Å². The first kappa shape index (κ1) is 17.8. The molecule has 4 heteroatoms. The van der Waals surface area contributed by atoms with Crippen molar-refractivity contribution in [2.75, 3.05) is 20.2 Å². The van der Waals surface area contributed by atoms with Crippen molar-refractivity contribution < 1.29 is 9.53 Å². The number of methoxy groups -OCH3 is 1. The summed E-state index contributed by atoms with van der Waals surface area (Å²) in [5, 5.41) is 1.23. The number of hydrogen-bond donors (Lipinski definition) is 1. The van der Waals surface area contributed by atoms with Crippen LogP contribution in [0.4, 0.5) is 0 Å². The highest BCUT2D eigenvalue weighted by Gasteiger charge is 2.32. The van der Waals surface area contributed by atoms with Crippen LogP contribution in [0.15, 0.2) is 54.6 Å². The van der Waals surface area contributed by atoms with Crippen LogP contribution in [0.1, 0.15) is 42.1 Å². The molecular weight excluding hydrogens is 336 g/mol. The summed E-state index contributed by atoms with van der Waals surface area (Å²) in [5.74, 6) is -0.473. The molecule has 140 valence electrons. The highest BCUT2D eigenvalue weighted by Crippen LogP contribution is 2.34. The molecule has 0 bridgehead atoms. The Morgan fingerprint density at radius 3 is 2.67 bits per heavy atom. The molecular formula is C23H26N2O2. The smallest absolute Gasteiger partial charge is 0.315 e. The summed E-state index contributed by atoms with van der Waals surface area (Å²) in [5.41, 5.74) is 4.67. The van der Waals surface area contributed by atoms with Crippen molar-refractivity contribution in [3.8, 4) is 0 Å². The van der Waals surface area contributed by atoms with E-state index in [0.29, 0.717) is 6.54 Å². The summed E-state index contributed by atoms with van der Waals surface area (Å²) in [7, 11) is 1.48. The van der Waals surface area contributed by atoms with Gasteiger partial charge in [-0.2, -0.15) is 0 Å². The van der Waals surface area contributed by atoms with E-state index in [9.17, 15) is 4.79 Å². The molecule has 0 amide bonds. The first-order chi connectivity index (χ1) is 13.2. The van der Waals surface area contributed by atoms with Crippen LogP contribution in [0, 0.1) is 0 Å². The molecule has 1 N–H and O–H groups in total. The topological polar surface area (TPSA) is 45.3 Å². The quantitative estimate of drug-likeness (QED) is 0.701. The number of para-hydroxylation sites is 1. The lowest BCUT2D eigenvalue weighted by Crippen LogP contribution is -2.37. The van der Waals surface area contributed by atoms with Crippen LogP contribution in [0.5, 0.6) is 0 Å². The minimum absolute atomic E-state index is 0.171. The van der Waals surface area contributed by atoms with Crippen LogP contribution in [-0.2, 0) is 16.0 Å². The molecule has 0 saturated carbocycles. The number of carbonyl (C=O) groups is 1. The van der Waals surface area contributed by atoms with E-state index in [-0.39, 0.29) is 17.9 Å². The zero-order valence-corrected chi connectivity index (χ0v) is 15.9. The third-order valence-corrected chi connectivity index (χ3v) is 5.80. The number of fused-ring (bicyclic) bond motifs is 3. The van der Waals surface area contributed by atoms with E-state index in [1.807, 2.05) is 12.1 Å². The first-order valence-electron chi connectivity index (χ1n) is 9.65. The molecule has 4 nitrogen and oxygen atoms in total. The molecule has 0 spiro atoms. The average Bonchev–Trinajstić information content (AvgIpc) is 3.05. The van der Waals surface area contributed by atoms with Crippen LogP contribution in [0.25, 0.3) is 10.9 Å². The van der Waals surface area contributed by atoms with Gasteiger partial charge in [0.25, 0.3) is 0 Å². The SMILES string of the molecule is COC(=O)C1CN([C@@H](C)c2ccccc2)CCCc2c1[nH]c1ccccc21. The predicted octanol–water partition coefficient (Wildman–Crippen LogP) is 4.43. The largest absolute Gasteiger partial charge is 0.468 e. The number of benzene rings is 2. The lowest BCUT2D eigenvalue weighted by Gasteiger charge is -2.33. The highest BCUT2D eigenvalue weighted by atomic mass is 16.5. The summed E-state index contributed by atoms with van der Waals surface area (Å²) in [6.07, 6.45) is 2.03. The molecule has 4 rings (SSSR count). The van der Waals surface area contributed by atoms with Crippen molar-refractivity contribution in [1.82, 2.24) is 9.88 Å². The second kappa shape index (κ2) is 7.57. The number of rotatable bonds is 3. The van der Waals surface area contributed by atoms with Crippen molar-refractivity contribution in [2.45, 2.75) is 31.7 Å². The van der Waals surface area contributed by atoms with E-state index >= 15 is 0 Å². The van der Waals surface area contributed by atoms with Gasteiger partial charge in [-0.05, 0) is 43.5 Å². The zero-order valence-electron chi connectivity index (χ0n) is 15.9. The molecule has 2 atom stereocenters. The molecule has 1 aliphatic heterocycles. The Hall–Kier alpha value is -2.59. The van der Waals surface area contributed by atoms with Crippen molar-refractivity contribution >= 4 is 16.9 Å². The minimum atomic E-state index is -0.302. The Kier molecular flexibility index (Phi) is 4.99. The van der Waals surface area contributed by atoms with Crippen molar-refractivity contribution in [3.63, 3.8) is 0 Å². The van der Waals surface area contributed by atoms with Gasteiger partial charge in [0.05, 0.1) is 7.11 Å². The van der Waals surface area contributed by atoms with Gasteiger partial charge in [0, 0.05) is 29.2 Å². The second-order valence-corrected chi connectivity index (χ2v) is 7.32. The molecule has 0 aliphatic carbocycles. The number of nitrogens with one attached hydrogen (secondary N) is 1. The van der Waals surface area contributed by atoms with E-state index in [1.54, 1.807) is 0 Å². The van der Waals surface area contributed by atoms with Crippen molar-refractivity contribution in [1.29, 1.82) is 0 Å². The summed E-state index contributed by atoms with van der Waals surface area (Å²) in [4.78, 5) is 18.6. The fourth-order valence-corrected chi connectivity index (χ4v) is 4.29. The van der Waals surface area contributed by atoms with Crippen molar-refractivity contribution in [2.24, 2.45) is 0 Å². The fraction of sp³-hybridized carbons (Fsp3) is 0.348. The summed E-state index contributed by atoms with van der Waals surface area (Å²) in [6, 6.07) is 19.1. The predicted molar refractivity (Wildman–Crippen MR) is 108 cm³/mol. The molecule has 1 unspecified atom stereocenters. The molecule has 1 aliphatic rings. The Bertz CT molecular complexity index is 932. The molecule has 2 heterocycles. The van der Waals surface area contributed by atoms with Crippen LogP contribution in [0.3, 0.4) is 0 Å². The van der Waals surface area contributed by atoms with E-state index in [4.69, 9.17) is 4.74 Å². The Morgan fingerprint density at radius 1 is 1.15 bits per heavy atom. The van der Waals surface area contributed by atoms with Crippen LogP contribution in [-0.4, -0.2) is 36.1 Å². The van der Waals surface area contributed by atoms with Crippen LogP contribution in [0.2, 0.25) is 0 Å². The molecule has 2 aromatic carbocycles. The maximum Gasteiger partial charge on any atom is 0.315 e. The lowest BCUT2D eigenvalue weighted by atomic mass is 9.93. The number of aryl methyl sites for hydroxylation is 1. The molecule has 3 aromatic rings. The fourth-order valence-electron chi connectivity index (χ4n) is 4.29. The van der Waals surface area contributed by atoms with Gasteiger partial charge in [0.2, 0.25) is 0 Å². The summed E-state index contributed by atoms with van der Waals surface area (Å²) in [6.45, 7) is 3.84. The maximum atomic E-state index is 12.7. The number of aromatic nitrogens is 1. The molecule has 1 aromatic heterocycles. The zero-order chi connectivity index (χ0) is 18.8. The number of carbonyl (C=O) groups excluding carboxylic acids is 1. The third-order valence-electron chi connectivity index (χ3n) is 5.80. The van der Waals surface area contributed by atoms with Gasteiger partial charge in [-0.1, -0.05) is 48.5 Å². The van der Waals surface area contributed by atoms with Gasteiger partial charge < -0.3 is 9.72 Å². The van der Waals surface area contributed by atoms with E-state index in [0.717, 1.165) is 30.6 Å². The maximum absolute atomic E-state index is 12.7. The van der Waals surface area contributed by atoms with Gasteiger partial charge in [0.1, 0.15) is 5.92 Å². The lowest BCUT2D eigenvalue weighted by molar-refractivity contribution is -0.143. The van der Waals surface area contributed by atoms with Gasteiger partial charge in [-0.15, -0.1) is 0 Å². The second-order valence-electron chi connectivity index (χ2n) is 7.32. The normalized spacial score (nSPS) is 19.1. The van der Waals surface area contributed by atoms with Gasteiger partial charge >= 0.3 is 5.97 Å². The standard InChI is InChI=1S/C23H26N2O2/c1-16(17-9-4-3-5-10-17)25-14-8-12-19-18-11-6-7-13-21(18)24-22(19)20(15-25)23(26)27-2/h3-7,9-11,13,16,20,24H,8,12,14-15H2,1-2H3/t16-,20?/m0/s1. The first-order valence-corrected chi connectivity index (χ1v) is 9.65. The molecule has 0 saturated heterocycles. The van der Waals surface area contributed by atoms with Crippen LogP contribution >= 0.6 is 0 Å². The van der Waals surface area contributed by atoms with E-state index in [1.165, 1.54) is 23.6 Å². The van der Waals surface area contributed by atoms with E-state index in [2.05, 4.69) is 59.3 Å². The number of aromatic amines is 1. The molecule has 0 fully saturated rings. The minimum Gasteiger partial charge on any atom is -0.468 e. The number of H-pyrrole nitrogens is 1. The van der Waals surface area contributed by atoms with Gasteiger partial charge in [-0.3, -0.25) is 9.69 Å². The number of nitrogens with zero attached hydrogens (tertiary/aromatic N) is 1. The summed E-state index contributed by atoms with van der Waals surface area (Å²) >= 11 is 0. The summed E-state index contributed by atoms with van der Waals surface area (Å²) < 4.78 is 5.19. The number of hydrogen-bond acceptors (Lipinski definition) is 3. The number of ether oxygens (including phenoxy) is 1. The monoisotopic (exact) mass is 362 g/mol. The van der Waals surface area contributed by atoms with E-state index < -0.39 is 0 Å². The van der Waals surface area contributed by atoms with Crippen LogP contribution < -0.4 is 0 Å².